The number of ether oxygens (including phenoxy) is 2. The zero-order valence-electron chi connectivity index (χ0n) is 21.6. The summed E-state index contributed by atoms with van der Waals surface area (Å²) < 4.78 is 11.7. The number of piperazine rings is 1. The molecule has 1 aliphatic rings. The summed E-state index contributed by atoms with van der Waals surface area (Å²) >= 11 is 5.84. The molecule has 0 saturated carbocycles. The van der Waals surface area contributed by atoms with Crippen LogP contribution in [0.2, 0.25) is 0 Å². The third-order valence-corrected chi connectivity index (χ3v) is 6.90. The second-order valence-corrected chi connectivity index (χ2v) is 9.42. The summed E-state index contributed by atoms with van der Waals surface area (Å²) in [6.45, 7) is 9.05. The molecule has 1 aliphatic heterocycles. The largest absolute Gasteiger partial charge is 0.490 e. The van der Waals surface area contributed by atoms with Crippen LogP contribution < -0.4 is 14.8 Å². The molecule has 37 heavy (non-hydrogen) atoms. The first-order valence-corrected chi connectivity index (χ1v) is 13.3. The van der Waals surface area contributed by atoms with E-state index >= 15 is 0 Å². The highest BCUT2D eigenvalue weighted by Gasteiger charge is 2.21. The Labute approximate surface area is 225 Å². The molecule has 0 atom stereocenters. The first-order valence-electron chi connectivity index (χ1n) is 12.9. The van der Waals surface area contributed by atoms with E-state index in [1.807, 2.05) is 55.5 Å². The van der Waals surface area contributed by atoms with Crippen LogP contribution >= 0.6 is 12.2 Å². The van der Waals surface area contributed by atoms with Gasteiger partial charge in [0.1, 0.15) is 4.99 Å². The summed E-state index contributed by atoms with van der Waals surface area (Å²) in [4.78, 5) is 17.9. The van der Waals surface area contributed by atoms with Gasteiger partial charge in [0, 0.05) is 44.0 Å². The third-order valence-electron chi connectivity index (χ3n) is 6.40. The van der Waals surface area contributed by atoms with Crippen LogP contribution in [0.3, 0.4) is 0 Å². The van der Waals surface area contributed by atoms with Crippen LogP contribution in [-0.2, 0) is 17.8 Å². The zero-order chi connectivity index (χ0) is 26.0. The highest BCUT2D eigenvalue weighted by molar-refractivity contribution is 7.80. The van der Waals surface area contributed by atoms with Crippen molar-refractivity contribution in [1.29, 1.82) is 0 Å². The molecule has 0 aliphatic carbocycles. The molecule has 1 amide bonds. The number of anilines is 1. The van der Waals surface area contributed by atoms with E-state index in [0.717, 1.165) is 55.4 Å². The summed E-state index contributed by atoms with van der Waals surface area (Å²) in [7, 11) is 0. The monoisotopic (exact) mass is 517 g/mol. The van der Waals surface area contributed by atoms with E-state index in [4.69, 9.17) is 21.7 Å². The van der Waals surface area contributed by atoms with Crippen LogP contribution in [0.25, 0.3) is 0 Å². The van der Waals surface area contributed by atoms with E-state index in [9.17, 15) is 4.79 Å². The Hall–Kier alpha value is -3.42. The maximum Gasteiger partial charge on any atom is 0.262 e. The second-order valence-electron chi connectivity index (χ2n) is 9.04. The first kappa shape index (κ1) is 26.6. The number of aryl methyl sites for hydroxylation is 1. The van der Waals surface area contributed by atoms with Crippen LogP contribution in [-0.4, -0.2) is 60.1 Å². The molecule has 6 nitrogen and oxygen atoms in total. The van der Waals surface area contributed by atoms with Crippen LogP contribution in [0.4, 0.5) is 5.69 Å². The van der Waals surface area contributed by atoms with Gasteiger partial charge < -0.3 is 19.7 Å². The normalized spacial score (nSPS) is 13.7. The molecule has 3 aromatic rings. The van der Waals surface area contributed by atoms with Crippen molar-refractivity contribution in [3.63, 3.8) is 0 Å². The lowest BCUT2D eigenvalue weighted by Gasteiger charge is -2.36. The number of nitrogens with zero attached hydrogens (tertiary/aromatic N) is 2. The molecule has 4 rings (SSSR count). The molecule has 1 heterocycles. The number of carbonyl (C=O) groups is 1. The van der Waals surface area contributed by atoms with Gasteiger partial charge in [-0.3, -0.25) is 9.69 Å². The van der Waals surface area contributed by atoms with E-state index < -0.39 is 0 Å². The molecule has 1 N–H and O–H groups in total. The fourth-order valence-corrected chi connectivity index (χ4v) is 4.64. The van der Waals surface area contributed by atoms with Gasteiger partial charge in [-0.25, -0.2) is 0 Å². The minimum absolute atomic E-state index is 0.108. The number of hydrogen-bond donors (Lipinski definition) is 1. The maximum atomic E-state index is 12.4. The minimum Gasteiger partial charge on any atom is -0.490 e. The standard InChI is InChI=1S/C30H35N3O3S/c1-3-23-10-13-26(14-11-23)31-29(34)22-36-27-15-12-25(20-28(27)35-4-2)30(37)33-18-16-32(17-19-33)21-24-8-6-5-7-9-24/h5-15,20H,3-4,16-19,21-22H2,1-2H3,(H,31,34). The number of nitrogens with one attached hydrogen (secondary N) is 1. The number of hydrogen-bond acceptors (Lipinski definition) is 5. The number of rotatable bonds is 10. The average Bonchev–Trinajstić information content (AvgIpc) is 2.93. The quantitative estimate of drug-likeness (QED) is 0.375. The van der Waals surface area contributed by atoms with E-state index in [-0.39, 0.29) is 12.5 Å². The van der Waals surface area contributed by atoms with E-state index in [1.165, 1.54) is 11.1 Å². The topological polar surface area (TPSA) is 54.0 Å². The van der Waals surface area contributed by atoms with Crippen molar-refractivity contribution in [2.24, 2.45) is 0 Å². The highest BCUT2D eigenvalue weighted by atomic mass is 32.1. The number of benzene rings is 3. The van der Waals surface area contributed by atoms with Gasteiger partial charge in [-0.1, -0.05) is 61.6 Å². The fraction of sp³-hybridized carbons (Fsp3) is 0.333. The van der Waals surface area contributed by atoms with Crippen LogP contribution in [0.1, 0.15) is 30.5 Å². The Morgan fingerprint density at radius 1 is 0.865 bits per heavy atom. The van der Waals surface area contributed by atoms with E-state index in [2.05, 4.69) is 46.3 Å². The van der Waals surface area contributed by atoms with Gasteiger partial charge in [0.15, 0.2) is 18.1 Å². The van der Waals surface area contributed by atoms with Crippen LogP contribution in [0.15, 0.2) is 72.8 Å². The molecule has 0 aromatic heterocycles. The molecule has 1 saturated heterocycles. The molecule has 1 fully saturated rings. The lowest BCUT2D eigenvalue weighted by atomic mass is 10.1. The Kier molecular flexibility index (Phi) is 9.52. The average molecular weight is 518 g/mol. The molecular weight excluding hydrogens is 482 g/mol. The third kappa shape index (κ3) is 7.54. The van der Waals surface area contributed by atoms with E-state index in [1.54, 1.807) is 0 Å². The smallest absolute Gasteiger partial charge is 0.262 e. The van der Waals surface area contributed by atoms with Crippen LogP contribution in [0.5, 0.6) is 11.5 Å². The van der Waals surface area contributed by atoms with Gasteiger partial charge in [-0.05, 0) is 54.8 Å². The predicted octanol–water partition coefficient (Wildman–Crippen LogP) is 5.16. The lowest BCUT2D eigenvalue weighted by molar-refractivity contribution is -0.118. The van der Waals surface area contributed by atoms with Crippen molar-refractivity contribution >= 4 is 28.8 Å². The van der Waals surface area contributed by atoms with Crippen molar-refractivity contribution in [3.05, 3.63) is 89.5 Å². The molecule has 0 spiro atoms. The minimum atomic E-state index is -0.223. The Morgan fingerprint density at radius 2 is 1.59 bits per heavy atom. The summed E-state index contributed by atoms with van der Waals surface area (Å²) in [6, 6.07) is 24.1. The summed E-state index contributed by atoms with van der Waals surface area (Å²) in [5, 5.41) is 2.87. The Balaban J connectivity index is 1.32. The summed E-state index contributed by atoms with van der Waals surface area (Å²) in [5.74, 6) is 0.891. The SMILES string of the molecule is CCOc1cc(C(=S)N2CCN(Cc3ccccc3)CC2)ccc1OCC(=O)Nc1ccc(CC)cc1. The Bertz CT molecular complexity index is 1180. The van der Waals surface area contributed by atoms with Crippen molar-refractivity contribution in [2.75, 3.05) is 44.7 Å². The van der Waals surface area contributed by atoms with E-state index in [0.29, 0.717) is 18.1 Å². The molecule has 7 heteroatoms. The second kappa shape index (κ2) is 13.2. The van der Waals surface area contributed by atoms with Crippen molar-refractivity contribution < 1.29 is 14.3 Å². The van der Waals surface area contributed by atoms with Gasteiger partial charge in [-0.15, -0.1) is 0 Å². The van der Waals surface area contributed by atoms with Gasteiger partial charge in [0.25, 0.3) is 5.91 Å². The fourth-order valence-electron chi connectivity index (χ4n) is 4.33. The number of thiocarbonyl (C=S) groups is 1. The highest BCUT2D eigenvalue weighted by Crippen LogP contribution is 2.29. The first-order chi connectivity index (χ1) is 18.1. The van der Waals surface area contributed by atoms with Gasteiger partial charge in [0.2, 0.25) is 0 Å². The molecule has 194 valence electrons. The summed E-state index contributed by atoms with van der Waals surface area (Å²) in [6.07, 6.45) is 0.960. The molecular formula is C30H35N3O3S. The number of carbonyl (C=O) groups excluding carboxylic acids is 1. The zero-order valence-corrected chi connectivity index (χ0v) is 22.4. The van der Waals surface area contributed by atoms with Gasteiger partial charge >= 0.3 is 0 Å². The van der Waals surface area contributed by atoms with Gasteiger partial charge in [0.05, 0.1) is 6.61 Å². The molecule has 0 unspecified atom stereocenters. The van der Waals surface area contributed by atoms with Crippen LogP contribution in [0, 0.1) is 0 Å². The molecule has 0 radical (unpaired) electrons. The lowest BCUT2D eigenvalue weighted by Crippen LogP contribution is -2.48. The molecule has 0 bridgehead atoms. The Morgan fingerprint density at radius 3 is 2.27 bits per heavy atom. The molecule has 3 aromatic carbocycles. The van der Waals surface area contributed by atoms with Gasteiger partial charge in [-0.2, -0.15) is 0 Å². The maximum absolute atomic E-state index is 12.4. The van der Waals surface area contributed by atoms with Crippen molar-refractivity contribution in [3.8, 4) is 11.5 Å². The van der Waals surface area contributed by atoms with Crippen molar-refractivity contribution in [2.45, 2.75) is 26.8 Å². The predicted molar refractivity (Wildman–Crippen MR) is 153 cm³/mol. The van der Waals surface area contributed by atoms with Crippen molar-refractivity contribution in [1.82, 2.24) is 9.80 Å². The number of amides is 1. The summed E-state index contributed by atoms with van der Waals surface area (Å²) in [5.41, 5.74) is 4.23.